The van der Waals surface area contributed by atoms with Gasteiger partial charge in [0.25, 0.3) is 5.91 Å². The number of hydrogen-bond acceptors (Lipinski definition) is 4. The highest BCUT2D eigenvalue weighted by Gasteiger charge is 2.42. The SMILES string of the molecule is Cc1ccccc1-n1nc(C)c2cc(C(=O)N3CCC(C)(C(=O)O)C3)sc21. The molecule has 1 aromatic carbocycles. The summed E-state index contributed by atoms with van der Waals surface area (Å²) in [6.45, 7) is 6.40. The van der Waals surface area contributed by atoms with Crippen LogP contribution < -0.4 is 0 Å². The maximum absolute atomic E-state index is 13.0. The van der Waals surface area contributed by atoms with Gasteiger partial charge < -0.3 is 10.0 Å². The topological polar surface area (TPSA) is 75.4 Å². The molecule has 1 fully saturated rings. The molecular formula is C20H21N3O3S. The fourth-order valence-electron chi connectivity index (χ4n) is 3.58. The van der Waals surface area contributed by atoms with E-state index in [-0.39, 0.29) is 12.5 Å². The number of benzene rings is 1. The van der Waals surface area contributed by atoms with Gasteiger partial charge in [0, 0.05) is 18.5 Å². The quantitative estimate of drug-likeness (QED) is 0.749. The highest BCUT2D eigenvalue weighted by Crippen LogP contribution is 2.35. The predicted molar refractivity (Wildman–Crippen MR) is 105 cm³/mol. The first kappa shape index (κ1) is 17.7. The number of carboxylic acid groups (broad SMARTS) is 1. The fraction of sp³-hybridized carbons (Fsp3) is 0.350. The van der Waals surface area contributed by atoms with Gasteiger partial charge in [-0.2, -0.15) is 5.10 Å². The first-order valence-electron chi connectivity index (χ1n) is 8.88. The molecule has 27 heavy (non-hydrogen) atoms. The zero-order valence-corrected chi connectivity index (χ0v) is 16.3. The van der Waals surface area contributed by atoms with Crippen molar-refractivity contribution in [3.63, 3.8) is 0 Å². The molecule has 1 N–H and O–H groups in total. The van der Waals surface area contributed by atoms with Crippen molar-refractivity contribution in [1.82, 2.24) is 14.7 Å². The molecule has 1 unspecified atom stereocenters. The number of carbonyl (C=O) groups is 2. The molecule has 4 rings (SSSR count). The van der Waals surface area contributed by atoms with Gasteiger partial charge in [-0.3, -0.25) is 9.59 Å². The first-order chi connectivity index (χ1) is 12.8. The zero-order chi connectivity index (χ0) is 19.3. The predicted octanol–water partition coefficient (Wildman–Crippen LogP) is 3.64. The zero-order valence-electron chi connectivity index (χ0n) is 15.5. The van der Waals surface area contributed by atoms with Gasteiger partial charge >= 0.3 is 5.97 Å². The van der Waals surface area contributed by atoms with Crippen LogP contribution in [-0.4, -0.2) is 44.8 Å². The number of carboxylic acids is 1. The van der Waals surface area contributed by atoms with Crippen LogP contribution in [0.2, 0.25) is 0 Å². The molecule has 3 heterocycles. The first-order valence-corrected chi connectivity index (χ1v) is 9.70. The van der Waals surface area contributed by atoms with Crippen LogP contribution in [0.1, 0.15) is 34.3 Å². The Morgan fingerprint density at radius 2 is 2.00 bits per heavy atom. The highest BCUT2D eigenvalue weighted by molar-refractivity contribution is 7.20. The minimum Gasteiger partial charge on any atom is -0.481 e. The summed E-state index contributed by atoms with van der Waals surface area (Å²) in [5.74, 6) is -0.947. The number of thiophene rings is 1. The smallest absolute Gasteiger partial charge is 0.311 e. The lowest BCUT2D eigenvalue weighted by Crippen LogP contribution is -2.34. The molecule has 140 valence electrons. The molecule has 1 atom stereocenters. The van der Waals surface area contributed by atoms with E-state index >= 15 is 0 Å². The molecule has 0 bridgehead atoms. The Morgan fingerprint density at radius 3 is 2.67 bits per heavy atom. The molecule has 0 spiro atoms. The van der Waals surface area contributed by atoms with Crippen molar-refractivity contribution in [3.05, 3.63) is 46.5 Å². The van der Waals surface area contributed by atoms with E-state index in [0.717, 1.165) is 27.2 Å². The number of aromatic nitrogens is 2. The minimum absolute atomic E-state index is 0.100. The molecule has 6 nitrogen and oxygen atoms in total. The Kier molecular flexibility index (Phi) is 4.07. The summed E-state index contributed by atoms with van der Waals surface area (Å²) in [7, 11) is 0. The Balaban J connectivity index is 1.71. The van der Waals surface area contributed by atoms with Crippen LogP contribution in [0.25, 0.3) is 15.9 Å². The van der Waals surface area contributed by atoms with Crippen molar-refractivity contribution in [2.24, 2.45) is 5.41 Å². The van der Waals surface area contributed by atoms with Gasteiger partial charge in [0.15, 0.2) is 0 Å². The number of carbonyl (C=O) groups excluding carboxylic acids is 1. The van der Waals surface area contributed by atoms with E-state index in [4.69, 9.17) is 0 Å². The number of likely N-dealkylation sites (tertiary alicyclic amines) is 1. The van der Waals surface area contributed by atoms with Gasteiger partial charge in [0.05, 0.1) is 21.7 Å². The third-order valence-electron chi connectivity index (χ3n) is 5.38. The average molecular weight is 383 g/mol. The third kappa shape index (κ3) is 2.82. The second-order valence-corrected chi connectivity index (χ2v) is 8.49. The Bertz CT molecular complexity index is 1070. The summed E-state index contributed by atoms with van der Waals surface area (Å²) in [5, 5.41) is 15.0. The average Bonchev–Trinajstić information content (AvgIpc) is 3.31. The molecule has 7 heteroatoms. The van der Waals surface area contributed by atoms with E-state index in [0.29, 0.717) is 17.8 Å². The molecule has 1 amide bonds. The second-order valence-electron chi connectivity index (χ2n) is 7.46. The van der Waals surface area contributed by atoms with Gasteiger partial charge in [-0.1, -0.05) is 18.2 Å². The van der Waals surface area contributed by atoms with E-state index < -0.39 is 11.4 Å². The molecule has 0 radical (unpaired) electrons. The second kappa shape index (κ2) is 6.20. The van der Waals surface area contributed by atoms with Gasteiger partial charge in [0.1, 0.15) is 4.83 Å². The lowest BCUT2D eigenvalue weighted by atomic mass is 9.90. The summed E-state index contributed by atoms with van der Waals surface area (Å²) >= 11 is 1.41. The summed E-state index contributed by atoms with van der Waals surface area (Å²) in [6.07, 6.45) is 0.481. The number of fused-ring (bicyclic) bond motifs is 1. The van der Waals surface area contributed by atoms with Crippen LogP contribution in [0.5, 0.6) is 0 Å². The van der Waals surface area contributed by atoms with Gasteiger partial charge in [-0.15, -0.1) is 11.3 Å². The Morgan fingerprint density at radius 1 is 1.26 bits per heavy atom. The summed E-state index contributed by atoms with van der Waals surface area (Å²) < 4.78 is 1.90. The number of para-hydroxylation sites is 1. The van der Waals surface area contributed by atoms with Crippen LogP contribution in [0.4, 0.5) is 0 Å². The van der Waals surface area contributed by atoms with Crippen LogP contribution >= 0.6 is 11.3 Å². The van der Waals surface area contributed by atoms with Crippen LogP contribution in [0.15, 0.2) is 30.3 Å². The van der Waals surface area contributed by atoms with Gasteiger partial charge in [-0.05, 0) is 44.9 Å². The van der Waals surface area contributed by atoms with E-state index in [1.807, 2.05) is 48.9 Å². The molecule has 2 aromatic heterocycles. The number of nitrogens with zero attached hydrogens (tertiary/aromatic N) is 3. The lowest BCUT2D eigenvalue weighted by molar-refractivity contribution is -0.147. The molecular weight excluding hydrogens is 362 g/mol. The van der Waals surface area contributed by atoms with Crippen molar-refractivity contribution in [2.75, 3.05) is 13.1 Å². The van der Waals surface area contributed by atoms with Gasteiger partial charge in [-0.25, -0.2) is 4.68 Å². The van der Waals surface area contributed by atoms with Crippen molar-refractivity contribution < 1.29 is 14.7 Å². The molecule has 0 saturated carbocycles. The van der Waals surface area contributed by atoms with Crippen molar-refractivity contribution in [1.29, 1.82) is 0 Å². The standard InChI is InChI=1S/C20H21N3O3S/c1-12-6-4-5-7-15(12)23-18-14(13(2)21-23)10-16(27-18)17(24)22-9-8-20(3,11-22)19(25)26/h4-7,10H,8-9,11H2,1-3H3,(H,25,26). The maximum atomic E-state index is 13.0. The largest absolute Gasteiger partial charge is 0.481 e. The number of aliphatic carboxylic acids is 1. The van der Waals surface area contributed by atoms with E-state index in [1.165, 1.54) is 11.3 Å². The summed E-state index contributed by atoms with van der Waals surface area (Å²) in [6, 6.07) is 9.90. The number of aryl methyl sites for hydroxylation is 2. The Labute approximate surface area is 161 Å². The number of amides is 1. The molecule has 0 aliphatic carbocycles. The van der Waals surface area contributed by atoms with Gasteiger partial charge in [0.2, 0.25) is 0 Å². The number of hydrogen-bond donors (Lipinski definition) is 1. The molecule has 1 saturated heterocycles. The summed E-state index contributed by atoms with van der Waals surface area (Å²) in [5.41, 5.74) is 2.12. The monoisotopic (exact) mass is 383 g/mol. The summed E-state index contributed by atoms with van der Waals surface area (Å²) in [4.78, 5) is 27.6. The maximum Gasteiger partial charge on any atom is 0.311 e. The van der Waals surface area contributed by atoms with Crippen LogP contribution in [0.3, 0.4) is 0 Å². The normalized spacial score (nSPS) is 19.7. The molecule has 1 aliphatic heterocycles. The van der Waals surface area contributed by atoms with Crippen molar-refractivity contribution in [2.45, 2.75) is 27.2 Å². The van der Waals surface area contributed by atoms with E-state index in [1.54, 1.807) is 11.8 Å². The third-order valence-corrected chi connectivity index (χ3v) is 6.47. The van der Waals surface area contributed by atoms with Crippen LogP contribution in [-0.2, 0) is 4.79 Å². The Hall–Kier alpha value is -2.67. The van der Waals surface area contributed by atoms with Crippen molar-refractivity contribution in [3.8, 4) is 5.69 Å². The lowest BCUT2D eigenvalue weighted by Gasteiger charge is -2.19. The minimum atomic E-state index is -0.861. The number of rotatable bonds is 3. The van der Waals surface area contributed by atoms with Crippen LogP contribution in [0, 0.1) is 19.3 Å². The van der Waals surface area contributed by atoms with E-state index in [2.05, 4.69) is 5.10 Å². The highest BCUT2D eigenvalue weighted by atomic mass is 32.1. The van der Waals surface area contributed by atoms with Crippen molar-refractivity contribution >= 4 is 33.4 Å². The fourth-order valence-corrected chi connectivity index (χ4v) is 4.73. The molecule has 3 aromatic rings. The van der Waals surface area contributed by atoms with E-state index in [9.17, 15) is 14.7 Å². The molecule has 1 aliphatic rings.